The third-order valence-electron chi connectivity index (χ3n) is 10.9. The minimum atomic E-state index is 0.0915. The van der Waals surface area contributed by atoms with Gasteiger partial charge in [0.2, 0.25) is 11.8 Å². The molecule has 0 unspecified atom stereocenters. The number of carbonyl (C=O) groups is 2. The Morgan fingerprint density at radius 2 is 1.05 bits per heavy atom. The van der Waals surface area contributed by atoms with Gasteiger partial charge >= 0.3 is 0 Å². The van der Waals surface area contributed by atoms with Crippen molar-refractivity contribution in [1.29, 1.82) is 0 Å². The zero-order chi connectivity index (χ0) is 42.7. The van der Waals surface area contributed by atoms with Gasteiger partial charge in [-0.15, -0.1) is 0 Å². The maximum atomic E-state index is 12.9. The first-order valence-electron chi connectivity index (χ1n) is 20.8. The number of imidazole rings is 1. The van der Waals surface area contributed by atoms with Crippen molar-refractivity contribution in [2.24, 2.45) is 0 Å². The largest absolute Gasteiger partial charge is 0.343 e. The Morgan fingerprint density at radius 3 is 1.53 bits per heavy atom. The standard InChI is InChI=1S/2C24H32N4O/c1-8-27(9-2)21(29)15-20-22(18-10-12-19(13-11-18)24(5,6)7)26-28-17(4)14-16(3)25-23(20)28;1-8-27(9-2)21(29)15-20-22(18-10-12-19(13-11-18)24(5,6)7)25-23-16(3)14-17(4)26-28(20)23/h2*10-14H,8-9,15H2,1-7H3. The van der Waals surface area contributed by atoms with E-state index < -0.39 is 0 Å². The lowest BCUT2D eigenvalue weighted by atomic mass is 9.86. The van der Waals surface area contributed by atoms with E-state index in [1.54, 1.807) is 0 Å². The summed E-state index contributed by atoms with van der Waals surface area (Å²) < 4.78 is 3.73. The van der Waals surface area contributed by atoms with Gasteiger partial charge in [0.25, 0.3) is 0 Å². The number of hydrogen-bond donors (Lipinski definition) is 0. The monoisotopic (exact) mass is 785 g/mol. The summed E-state index contributed by atoms with van der Waals surface area (Å²) in [6.45, 7) is 32.1. The van der Waals surface area contributed by atoms with Crippen molar-refractivity contribution in [1.82, 2.24) is 39.0 Å². The Bertz CT molecular complexity index is 2210. The molecule has 4 heterocycles. The zero-order valence-corrected chi connectivity index (χ0v) is 37.4. The summed E-state index contributed by atoms with van der Waals surface area (Å²) in [7, 11) is 0. The second-order valence-corrected chi connectivity index (χ2v) is 17.4. The topological polar surface area (TPSA) is 101 Å². The molecule has 0 fully saturated rings. The van der Waals surface area contributed by atoms with Gasteiger partial charge in [0.1, 0.15) is 0 Å². The molecule has 0 aliphatic heterocycles. The number of nitrogens with zero attached hydrogens (tertiary/aromatic N) is 8. The lowest BCUT2D eigenvalue weighted by Crippen LogP contribution is -2.32. The molecule has 10 nitrogen and oxygen atoms in total. The van der Waals surface area contributed by atoms with Crippen LogP contribution >= 0.6 is 0 Å². The number of aromatic nitrogens is 6. The van der Waals surface area contributed by atoms with Crippen LogP contribution in [0.2, 0.25) is 0 Å². The maximum absolute atomic E-state index is 12.9. The quantitative estimate of drug-likeness (QED) is 0.137. The van der Waals surface area contributed by atoms with Crippen molar-refractivity contribution in [2.75, 3.05) is 26.2 Å². The first-order chi connectivity index (χ1) is 27.3. The summed E-state index contributed by atoms with van der Waals surface area (Å²) in [5.74, 6) is 0.212. The average Bonchev–Trinajstić information content (AvgIpc) is 3.70. The van der Waals surface area contributed by atoms with E-state index >= 15 is 0 Å². The summed E-state index contributed by atoms with van der Waals surface area (Å²) in [5, 5.41) is 9.55. The van der Waals surface area contributed by atoms with E-state index in [0.717, 1.165) is 67.7 Å². The number of carbonyl (C=O) groups excluding carboxylic acids is 2. The Hall–Kier alpha value is -5.38. The summed E-state index contributed by atoms with van der Waals surface area (Å²) in [6.07, 6.45) is 0.590. The molecule has 58 heavy (non-hydrogen) atoms. The molecular weight excluding hydrogens is 721 g/mol. The van der Waals surface area contributed by atoms with E-state index in [0.29, 0.717) is 32.6 Å². The zero-order valence-electron chi connectivity index (χ0n) is 37.4. The van der Waals surface area contributed by atoms with Crippen molar-refractivity contribution < 1.29 is 9.59 Å². The Balaban J connectivity index is 0.000000221. The van der Waals surface area contributed by atoms with Crippen LogP contribution in [0.4, 0.5) is 0 Å². The predicted octanol–water partition coefficient (Wildman–Crippen LogP) is 9.44. The highest BCUT2D eigenvalue weighted by atomic mass is 16.2. The predicted molar refractivity (Wildman–Crippen MR) is 236 cm³/mol. The highest BCUT2D eigenvalue weighted by Crippen LogP contribution is 2.32. The number of likely N-dealkylation sites (N-methyl/N-ethyl adjacent to an activating group) is 2. The van der Waals surface area contributed by atoms with E-state index in [4.69, 9.17) is 15.1 Å². The summed E-state index contributed by atoms with van der Waals surface area (Å²) in [5.41, 5.74) is 13.7. The third kappa shape index (κ3) is 9.49. The summed E-state index contributed by atoms with van der Waals surface area (Å²) in [6, 6.07) is 21.1. The molecule has 2 aromatic carbocycles. The average molecular weight is 785 g/mol. The van der Waals surface area contributed by atoms with Crippen molar-refractivity contribution in [3.05, 3.63) is 106 Å². The van der Waals surface area contributed by atoms with Crippen molar-refractivity contribution >= 4 is 23.1 Å². The van der Waals surface area contributed by atoms with Gasteiger partial charge in [-0.05, 0) is 95.0 Å². The van der Waals surface area contributed by atoms with Crippen LogP contribution in [-0.2, 0) is 33.3 Å². The molecule has 0 aliphatic carbocycles. The van der Waals surface area contributed by atoms with Gasteiger partial charge in [0.05, 0.1) is 35.6 Å². The SMILES string of the molecule is CCN(CC)C(=O)Cc1c(-c2ccc(C(C)(C)C)cc2)nc2c(C)cc(C)nn12.CCN(CC)C(=O)Cc1c(-c2ccc(C(C)(C)C)cc2)nn2c(C)cc(C)nc12. The van der Waals surface area contributed by atoms with Crippen molar-refractivity contribution in [2.45, 2.75) is 121 Å². The molecule has 10 heteroatoms. The summed E-state index contributed by atoms with van der Waals surface area (Å²) in [4.78, 5) is 39.2. The maximum Gasteiger partial charge on any atom is 0.228 e. The molecule has 0 radical (unpaired) electrons. The second-order valence-electron chi connectivity index (χ2n) is 17.4. The Kier molecular flexibility index (Phi) is 13.3. The molecule has 4 aromatic heterocycles. The van der Waals surface area contributed by atoms with E-state index in [2.05, 4.69) is 95.2 Å². The van der Waals surface area contributed by atoms with Gasteiger partial charge in [-0.25, -0.2) is 19.0 Å². The fraction of sp³-hybridized carbons (Fsp3) is 0.458. The molecular formula is C48H64N8O2. The van der Waals surface area contributed by atoms with E-state index in [1.165, 1.54) is 11.1 Å². The lowest BCUT2D eigenvalue weighted by molar-refractivity contribution is -0.130. The van der Waals surface area contributed by atoms with Crippen LogP contribution in [0.15, 0.2) is 60.7 Å². The number of rotatable bonds is 10. The minimum Gasteiger partial charge on any atom is -0.343 e. The van der Waals surface area contributed by atoms with Gasteiger partial charge in [0, 0.05) is 54.3 Å². The van der Waals surface area contributed by atoms with Gasteiger partial charge in [-0.2, -0.15) is 10.2 Å². The molecule has 308 valence electrons. The molecule has 0 atom stereocenters. The molecule has 0 bridgehead atoms. The minimum absolute atomic E-state index is 0.0915. The molecule has 2 amide bonds. The van der Waals surface area contributed by atoms with Crippen LogP contribution in [0.3, 0.4) is 0 Å². The van der Waals surface area contributed by atoms with Crippen LogP contribution in [0.25, 0.3) is 33.8 Å². The number of benzene rings is 2. The van der Waals surface area contributed by atoms with Crippen LogP contribution in [0, 0.1) is 27.7 Å². The molecule has 0 aliphatic rings. The molecule has 6 aromatic rings. The normalized spacial score (nSPS) is 11.8. The highest BCUT2D eigenvalue weighted by Gasteiger charge is 2.24. The van der Waals surface area contributed by atoms with Crippen LogP contribution in [0.5, 0.6) is 0 Å². The molecule has 6 rings (SSSR count). The highest BCUT2D eigenvalue weighted by molar-refractivity contribution is 5.85. The van der Waals surface area contributed by atoms with Crippen LogP contribution in [-0.4, -0.2) is 77.0 Å². The number of hydrogen-bond acceptors (Lipinski definition) is 6. The fourth-order valence-corrected chi connectivity index (χ4v) is 7.45. The molecule has 0 N–H and O–H groups in total. The second kappa shape index (κ2) is 17.6. The molecule has 0 saturated heterocycles. The number of amides is 2. The first kappa shape index (κ1) is 43.7. The van der Waals surface area contributed by atoms with Gasteiger partial charge in [0.15, 0.2) is 11.3 Å². The van der Waals surface area contributed by atoms with Crippen LogP contribution < -0.4 is 0 Å². The van der Waals surface area contributed by atoms with Gasteiger partial charge in [-0.3, -0.25) is 9.59 Å². The first-order valence-corrected chi connectivity index (χ1v) is 20.8. The van der Waals surface area contributed by atoms with E-state index in [1.807, 2.05) is 86.4 Å². The molecule has 0 saturated carbocycles. The lowest BCUT2D eigenvalue weighted by Gasteiger charge is -2.19. The summed E-state index contributed by atoms with van der Waals surface area (Å²) >= 11 is 0. The number of aryl methyl sites for hydroxylation is 4. The van der Waals surface area contributed by atoms with Crippen molar-refractivity contribution in [3.63, 3.8) is 0 Å². The van der Waals surface area contributed by atoms with Crippen molar-refractivity contribution in [3.8, 4) is 22.5 Å². The van der Waals surface area contributed by atoms with E-state index in [-0.39, 0.29) is 29.1 Å². The number of fused-ring (bicyclic) bond motifs is 2. The smallest absolute Gasteiger partial charge is 0.228 e. The van der Waals surface area contributed by atoms with E-state index in [9.17, 15) is 9.59 Å². The fourth-order valence-electron chi connectivity index (χ4n) is 7.45. The van der Waals surface area contributed by atoms with Crippen LogP contribution in [0.1, 0.15) is 114 Å². The Morgan fingerprint density at radius 1 is 0.569 bits per heavy atom. The molecule has 0 spiro atoms. The third-order valence-corrected chi connectivity index (χ3v) is 10.9. The van der Waals surface area contributed by atoms with Gasteiger partial charge in [-0.1, -0.05) is 90.1 Å². The Labute approximate surface area is 345 Å². The van der Waals surface area contributed by atoms with Gasteiger partial charge < -0.3 is 9.80 Å².